The Morgan fingerprint density at radius 1 is 1.19 bits per heavy atom. The van der Waals surface area contributed by atoms with Gasteiger partial charge in [-0.15, -0.1) is 0 Å². The van der Waals surface area contributed by atoms with Crippen molar-refractivity contribution in [1.29, 1.82) is 0 Å². The average Bonchev–Trinajstić information content (AvgIpc) is 3.48. The van der Waals surface area contributed by atoms with Crippen molar-refractivity contribution in [2.45, 2.75) is 36.9 Å². The molecule has 1 saturated carbocycles. The molecule has 0 spiro atoms. The van der Waals surface area contributed by atoms with Gasteiger partial charge in [-0.3, -0.25) is 9.82 Å². The van der Waals surface area contributed by atoms with Gasteiger partial charge in [0.1, 0.15) is 0 Å². The first kappa shape index (κ1) is 19.8. The molecule has 162 valence electrons. The van der Waals surface area contributed by atoms with Gasteiger partial charge in [0.25, 0.3) is 0 Å². The summed E-state index contributed by atoms with van der Waals surface area (Å²) in [6.07, 6.45) is 2.97. The van der Waals surface area contributed by atoms with Crippen LogP contribution in [0, 0.1) is 5.82 Å². The maximum Gasteiger partial charge on any atom is 0.237 e. The zero-order valence-corrected chi connectivity index (χ0v) is 17.7. The van der Waals surface area contributed by atoms with Crippen molar-refractivity contribution in [2.24, 2.45) is 0 Å². The number of anilines is 3. The van der Waals surface area contributed by atoms with Gasteiger partial charge in [-0.2, -0.15) is 5.10 Å². The molecule has 2 unspecified atom stereocenters. The number of benzene rings is 1. The average molecular weight is 444 g/mol. The molecule has 0 saturated heterocycles. The van der Waals surface area contributed by atoms with Crippen molar-refractivity contribution in [1.82, 2.24) is 15.2 Å². The number of aromatic amines is 1. The molecule has 1 aliphatic carbocycles. The molecule has 1 aliphatic heterocycles. The molecule has 1 aromatic carbocycles. The van der Waals surface area contributed by atoms with Gasteiger partial charge < -0.3 is 10.1 Å². The van der Waals surface area contributed by atoms with Gasteiger partial charge in [-0.05, 0) is 37.5 Å². The molecule has 3 aromatic rings. The predicted octanol–water partition coefficient (Wildman–Crippen LogP) is 4.00. The third-order valence-electron chi connectivity index (χ3n) is 5.95. The number of sulfonamides is 1. The minimum Gasteiger partial charge on any atom is -0.481 e. The summed E-state index contributed by atoms with van der Waals surface area (Å²) < 4.78 is 45.8. The van der Waals surface area contributed by atoms with Crippen LogP contribution >= 0.6 is 0 Å². The molecular weight excluding hydrogens is 421 g/mol. The number of halogens is 1. The first-order valence-electron chi connectivity index (χ1n) is 10.1. The van der Waals surface area contributed by atoms with E-state index in [2.05, 4.69) is 25.2 Å². The number of nitrogens with zero attached hydrogens (tertiary/aromatic N) is 2. The van der Waals surface area contributed by atoms with E-state index in [9.17, 15) is 12.8 Å². The second kappa shape index (κ2) is 7.52. The molecule has 5 rings (SSSR count). The Hall–Kier alpha value is -3.14. The van der Waals surface area contributed by atoms with Gasteiger partial charge in [0.2, 0.25) is 15.9 Å². The molecule has 0 radical (unpaired) electrons. The summed E-state index contributed by atoms with van der Waals surface area (Å²) in [5.41, 5.74) is 2.64. The third kappa shape index (κ3) is 3.83. The zero-order valence-electron chi connectivity index (χ0n) is 16.9. The summed E-state index contributed by atoms with van der Waals surface area (Å²) in [4.78, 5) is 4.56. The second-order valence-electron chi connectivity index (χ2n) is 7.96. The molecule has 0 bridgehead atoms. The molecule has 8 nitrogen and oxygen atoms in total. The van der Waals surface area contributed by atoms with Gasteiger partial charge in [-0.1, -0.05) is 6.07 Å². The van der Waals surface area contributed by atoms with Crippen molar-refractivity contribution >= 4 is 27.2 Å². The smallest absolute Gasteiger partial charge is 0.237 e. The SMILES string of the molecule is COc1cccc(C2CCC(c3cc(Nc4ccc5c(c4F)CS(=O)(=O)N5)n[nH]3)C2)n1. The number of rotatable bonds is 5. The first-order valence-corrected chi connectivity index (χ1v) is 11.7. The Morgan fingerprint density at radius 3 is 2.87 bits per heavy atom. The molecule has 2 aromatic heterocycles. The van der Waals surface area contributed by atoms with Gasteiger partial charge in [0, 0.05) is 40.9 Å². The highest BCUT2D eigenvalue weighted by molar-refractivity contribution is 7.92. The summed E-state index contributed by atoms with van der Waals surface area (Å²) >= 11 is 0. The lowest BCUT2D eigenvalue weighted by Crippen LogP contribution is -2.05. The second-order valence-corrected chi connectivity index (χ2v) is 9.68. The quantitative estimate of drug-likeness (QED) is 0.550. The number of methoxy groups -OCH3 is 1. The Bertz CT molecular complexity index is 1240. The van der Waals surface area contributed by atoms with Crippen LogP contribution in [-0.4, -0.2) is 30.7 Å². The maximum atomic E-state index is 14.8. The van der Waals surface area contributed by atoms with Crippen LogP contribution < -0.4 is 14.8 Å². The Balaban J connectivity index is 1.29. The van der Waals surface area contributed by atoms with Gasteiger partial charge in [0.05, 0.1) is 24.2 Å². The summed E-state index contributed by atoms with van der Waals surface area (Å²) in [6.45, 7) is 0. The van der Waals surface area contributed by atoms with E-state index in [1.807, 2.05) is 24.3 Å². The molecule has 2 aliphatic rings. The lowest BCUT2D eigenvalue weighted by Gasteiger charge is -2.11. The monoisotopic (exact) mass is 443 g/mol. The Morgan fingerprint density at radius 2 is 2.03 bits per heavy atom. The van der Waals surface area contributed by atoms with Gasteiger partial charge in [0.15, 0.2) is 11.6 Å². The molecule has 3 N–H and O–H groups in total. The van der Waals surface area contributed by atoms with E-state index < -0.39 is 15.8 Å². The first-order chi connectivity index (χ1) is 14.9. The normalized spacial score (nSPS) is 21.5. The Kier molecular flexibility index (Phi) is 4.81. The van der Waals surface area contributed by atoms with Crippen LogP contribution in [0.5, 0.6) is 5.88 Å². The molecular formula is C21H22FN5O3S. The van der Waals surface area contributed by atoms with E-state index in [0.717, 1.165) is 30.7 Å². The lowest BCUT2D eigenvalue weighted by molar-refractivity contribution is 0.395. The summed E-state index contributed by atoms with van der Waals surface area (Å²) in [6, 6.07) is 10.8. The molecule has 1 fully saturated rings. The topological polar surface area (TPSA) is 109 Å². The Labute approximate surface area is 179 Å². The number of pyridine rings is 1. The molecule has 3 heterocycles. The lowest BCUT2D eigenvalue weighted by atomic mass is 9.99. The van der Waals surface area contributed by atoms with Gasteiger partial charge in [-0.25, -0.2) is 17.8 Å². The highest BCUT2D eigenvalue weighted by atomic mass is 32.2. The van der Waals surface area contributed by atoms with Crippen LogP contribution in [0.3, 0.4) is 0 Å². The van der Waals surface area contributed by atoms with Crippen molar-refractivity contribution < 1.29 is 17.5 Å². The number of nitrogens with one attached hydrogen (secondary N) is 3. The molecule has 2 atom stereocenters. The van der Waals surface area contributed by atoms with Gasteiger partial charge >= 0.3 is 0 Å². The van der Waals surface area contributed by atoms with Crippen LogP contribution in [-0.2, 0) is 15.8 Å². The van der Waals surface area contributed by atoms with Crippen molar-refractivity contribution in [3.63, 3.8) is 0 Å². The van der Waals surface area contributed by atoms with Crippen LogP contribution in [0.2, 0.25) is 0 Å². The van der Waals surface area contributed by atoms with Crippen molar-refractivity contribution in [3.05, 3.63) is 59.2 Å². The fourth-order valence-electron chi connectivity index (χ4n) is 4.40. The number of ether oxygens (including phenoxy) is 1. The van der Waals surface area contributed by atoms with Crippen LogP contribution in [0.25, 0.3) is 0 Å². The van der Waals surface area contributed by atoms with Crippen molar-refractivity contribution in [3.8, 4) is 5.88 Å². The number of hydrogen-bond acceptors (Lipinski definition) is 6. The fraction of sp³-hybridized carbons (Fsp3) is 0.333. The van der Waals surface area contributed by atoms with E-state index in [4.69, 9.17) is 4.74 Å². The minimum absolute atomic E-state index is 0.144. The standard InChI is InChI=1S/C21H22FN5O3S/c1-30-20-4-2-3-15(24-20)12-5-6-13(9-12)18-10-19(26-25-18)23-17-8-7-16-14(21(17)22)11-31(28,29)27-16/h2-4,7-8,10,12-13,27H,5-6,9,11H2,1H3,(H2,23,25,26). The number of aromatic nitrogens is 3. The summed E-state index contributed by atoms with van der Waals surface area (Å²) in [7, 11) is -1.90. The summed E-state index contributed by atoms with van der Waals surface area (Å²) in [5.74, 6) is 0.820. The molecule has 10 heteroatoms. The van der Waals surface area contributed by atoms with Crippen LogP contribution in [0.15, 0.2) is 36.4 Å². The number of fused-ring (bicyclic) bond motifs is 1. The van der Waals surface area contributed by atoms with E-state index in [-0.39, 0.29) is 22.7 Å². The number of hydrogen-bond donors (Lipinski definition) is 3. The number of H-pyrrole nitrogens is 1. The van der Waals surface area contributed by atoms with E-state index in [1.165, 1.54) is 6.07 Å². The predicted molar refractivity (Wildman–Crippen MR) is 115 cm³/mol. The molecule has 31 heavy (non-hydrogen) atoms. The summed E-state index contributed by atoms with van der Waals surface area (Å²) in [5, 5.41) is 10.3. The maximum absolute atomic E-state index is 14.8. The zero-order chi connectivity index (χ0) is 21.6. The molecule has 0 amide bonds. The van der Waals surface area contributed by atoms with Crippen molar-refractivity contribution in [2.75, 3.05) is 17.1 Å². The van der Waals surface area contributed by atoms with E-state index in [0.29, 0.717) is 23.5 Å². The van der Waals surface area contributed by atoms with E-state index >= 15 is 0 Å². The largest absolute Gasteiger partial charge is 0.481 e. The van der Waals surface area contributed by atoms with Crippen LogP contribution in [0.4, 0.5) is 21.6 Å². The van der Waals surface area contributed by atoms with E-state index in [1.54, 1.807) is 13.2 Å². The fourth-order valence-corrected chi connectivity index (χ4v) is 5.66. The third-order valence-corrected chi connectivity index (χ3v) is 7.15. The minimum atomic E-state index is -3.51. The highest BCUT2D eigenvalue weighted by Crippen LogP contribution is 2.43. The van der Waals surface area contributed by atoms with Crippen LogP contribution in [0.1, 0.15) is 48.0 Å². The highest BCUT2D eigenvalue weighted by Gasteiger charge is 2.30.